The van der Waals surface area contributed by atoms with E-state index in [1.165, 1.54) is 16.5 Å². The Labute approximate surface area is 83.2 Å². The molecule has 0 saturated heterocycles. The summed E-state index contributed by atoms with van der Waals surface area (Å²) < 4.78 is 2.09. The molecule has 14 heavy (non-hydrogen) atoms. The number of hydrogen-bond acceptors (Lipinski definition) is 1. The van der Waals surface area contributed by atoms with E-state index in [1.807, 2.05) is 19.2 Å². The lowest BCUT2D eigenvalue weighted by atomic mass is 10.1. The van der Waals surface area contributed by atoms with Gasteiger partial charge < -0.3 is 9.36 Å². The number of carbonyl (C=O) groups is 1. The lowest BCUT2D eigenvalue weighted by Crippen LogP contribution is -1.92. The van der Waals surface area contributed by atoms with Gasteiger partial charge in [0.05, 0.1) is 5.52 Å². The van der Waals surface area contributed by atoms with Crippen LogP contribution in [0.2, 0.25) is 0 Å². The van der Waals surface area contributed by atoms with Crippen molar-refractivity contribution in [3.05, 3.63) is 35.5 Å². The third-order valence-corrected chi connectivity index (χ3v) is 2.59. The van der Waals surface area contributed by atoms with Gasteiger partial charge in [-0.3, -0.25) is 0 Å². The molecule has 2 rings (SSSR count). The highest BCUT2D eigenvalue weighted by molar-refractivity contribution is 5.87. The monoisotopic (exact) mass is 187 g/mol. The van der Waals surface area contributed by atoms with Gasteiger partial charge >= 0.3 is 0 Å². The fourth-order valence-electron chi connectivity index (χ4n) is 2.01. The first-order chi connectivity index (χ1) is 6.74. The van der Waals surface area contributed by atoms with Gasteiger partial charge in [0.2, 0.25) is 0 Å². The minimum atomic E-state index is 0.495. The van der Waals surface area contributed by atoms with Gasteiger partial charge in [-0.25, -0.2) is 0 Å². The van der Waals surface area contributed by atoms with Crippen LogP contribution in [0.5, 0.6) is 0 Å². The second-order valence-corrected chi connectivity index (χ2v) is 3.61. The normalized spacial score (nSPS) is 10.7. The molecule has 0 aliphatic rings. The van der Waals surface area contributed by atoms with Crippen LogP contribution in [-0.4, -0.2) is 10.9 Å². The number of aromatic nitrogens is 1. The molecule has 0 unspecified atom stereocenters. The Kier molecular flexibility index (Phi) is 2.12. The molecule has 0 saturated carbocycles. The van der Waals surface area contributed by atoms with Gasteiger partial charge in [-0.15, -0.1) is 0 Å². The maximum atomic E-state index is 10.5. The minimum Gasteiger partial charge on any atom is -0.350 e. The SMILES string of the molecule is Cc1cn(C)c2c(CC=O)cccc12. The smallest absolute Gasteiger partial charge is 0.124 e. The molecule has 0 aliphatic heterocycles. The Morgan fingerprint density at radius 3 is 2.93 bits per heavy atom. The van der Waals surface area contributed by atoms with Gasteiger partial charge in [-0.05, 0) is 18.1 Å². The van der Waals surface area contributed by atoms with Crippen molar-refractivity contribution in [3.8, 4) is 0 Å². The lowest BCUT2D eigenvalue weighted by molar-refractivity contribution is -0.107. The summed E-state index contributed by atoms with van der Waals surface area (Å²) >= 11 is 0. The van der Waals surface area contributed by atoms with Crippen LogP contribution in [0.1, 0.15) is 11.1 Å². The molecule has 72 valence electrons. The van der Waals surface area contributed by atoms with Gasteiger partial charge in [-0.2, -0.15) is 0 Å². The molecule has 0 fully saturated rings. The number of para-hydroxylation sites is 1. The predicted octanol–water partition coefficient (Wildman–Crippen LogP) is 2.23. The van der Waals surface area contributed by atoms with Crippen LogP contribution in [0.15, 0.2) is 24.4 Å². The van der Waals surface area contributed by atoms with Gasteiger partial charge in [0, 0.05) is 25.1 Å². The fraction of sp³-hybridized carbons (Fsp3) is 0.250. The number of benzene rings is 1. The van der Waals surface area contributed by atoms with Gasteiger partial charge in [-0.1, -0.05) is 18.2 Å². The maximum Gasteiger partial charge on any atom is 0.124 e. The van der Waals surface area contributed by atoms with E-state index in [1.54, 1.807) is 0 Å². The van der Waals surface area contributed by atoms with Gasteiger partial charge in [0.25, 0.3) is 0 Å². The number of nitrogens with zero attached hydrogens (tertiary/aromatic N) is 1. The molecule has 1 heterocycles. The zero-order valence-electron chi connectivity index (χ0n) is 8.45. The fourth-order valence-corrected chi connectivity index (χ4v) is 2.01. The topological polar surface area (TPSA) is 22.0 Å². The third-order valence-electron chi connectivity index (χ3n) is 2.59. The standard InChI is InChI=1S/C12H13NO/c1-9-8-13(2)12-10(6-7-14)4-3-5-11(9)12/h3-5,7-8H,6H2,1-2H3. The average molecular weight is 187 g/mol. The number of aldehydes is 1. The minimum absolute atomic E-state index is 0.495. The summed E-state index contributed by atoms with van der Waals surface area (Å²) in [6, 6.07) is 6.11. The Bertz CT molecular complexity index is 482. The molecule has 1 aromatic carbocycles. The Morgan fingerprint density at radius 2 is 2.21 bits per heavy atom. The molecule has 2 nitrogen and oxygen atoms in total. The second-order valence-electron chi connectivity index (χ2n) is 3.61. The van der Waals surface area contributed by atoms with E-state index in [2.05, 4.69) is 23.8 Å². The van der Waals surface area contributed by atoms with Crippen LogP contribution in [0.25, 0.3) is 10.9 Å². The number of fused-ring (bicyclic) bond motifs is 1. The summed E-state index contributed by atoms with van der Waals surface area (Å²) in [6.45, 7) is 2.09. The second kappa shape index (κ2) is 3.29. The van der Waals surface area contributed by atoms with Crippen LogP contribution in [-0.2, 0) is 18.3 Å². The number of carbonyl (C=O) groups excluding carboxylic acids is 1. The molecule has 2 aromatic rings. The Hall–Kier alpha value is -1.57. The Morgan fingerprint density at radius 1 is 1.43 bits per heavy atom. The van der Waals surface area contributed by atoms with Crippen molar-refractivity contribution in [2.24, 2.45) is 7.05 Å². The van der Waals surface area contributed by atoms with Crippen molar-refractivity contribution in [1.29, 1.82) is 0 Å². The molecule has 0 bridgehead atoms. The predicted molar refractivity (Wildman–Crippen MR) is 57.4 cm³/mol. The van der Waals surface area contributed by atoms with Crippen LogP contribution in [0.3, 0.4) is 0 Å². The van der Waals surface area contributed by atoms with E-state index in [0.717, 1.165) is 11.8 Å². The number of hydrogen-bond donors (Lipinski definition) is 0. The van der Waals surface area contributed by atoms with Gasteiger partial charge in [0.1, 0.15) is 6.29 Å². The molecule has 0 spiro atoms. The van der Waals surface area contributed by atoms with E-state index in [0.29, 0.717) is 6.42 Å². The highest BCUT2D eigenvalue weighted by Crippen LogP contribution is 2.23. The Balaban J connectivity index is 2.78. The molecule has 1 aromatic heterocycles. The summed E-state index contributed by atoms with van der Waals surface area (Å²) in [5.74, 6) is 0. The average Bonchev–Trinajstić information content (AvgIpc) is 2.44. The van der Waals surface area contributed by atoms with Crippen molar-refractivity contribution in [2.75, 3.05) is 0 Å². The molecule has 0 amide bonds. The number of rotatable bonds is 2. The summed E-state index contributed by atoms with van der Waals surface area (Å²) in [6.07, 6.45) is 3.55. The highest BCUT2D eigenvalue weighted by atomic mass is 16.1. The zero-order valence-corrected chi connectivity index (χ0v) is 8.45. The van der Waals surface area contributed by atoms with E-state index in [-0.39, 0.29) is 0 Å². The molecule has 2 heteroatoms. The van der Waals surface area contributed by atoms with Crippen LogP contribution in [0.4, 0.5) is 0 Å². The van der Waals surface area contributed by atoms with Crippen LogP contribution < -0.4 is 0 Å². The molecule has 0 N–H and O–H groups in total. The largest absolute Gasteiger partial charge is 0.350 e. The van der Waals surface area contributed by atoms with E-state index in [9.17, 15) is 4.79 Å². The van der Waals surface area contributed by atoms with Gasteiger partial charge in [0.15, 0.2) is 0 Å². The third kappa shape index (κ3) is 1.23. The van der Waals surface area contributed by atoms with Crippen LogP contribution >= 0.6 is 0 Å². The van der Waals surface area contributed by atoms with Crippen LogP contribution in [0, 0.1) is 6.92 Å². The van der Waals surface area contributed by atoms with E-state index >= 15 is 0 Å². The first-order valence-electron chi connectivity index (χ1n) is 4.71. The zero-order chi connectivity index (χ0) is 10.1. The number of aryl methyl sites for hydroxylation is 2. The quantitative estimate of drug-likeness (QED) is 0.661. The first kappa shape index (κ1) is 9.00. The van der Waals surface area contributed by atoms with Crippen molar-refractivity contribution < 1.29 is 4.79 Å². The summed E-state index contributed by atoms with van der Waals surface area (Å²) in [5.41, 5.74) is 3.54. The first-order valence-corrected chi connectivity index (χ1v) is 4.71. The highest BCUT2D eigenvalue weighted by Gasteiger charge is 2.06. The summed E-state index contributed by atoms with van der Waals surface area (Å²) in [5, 5.41) is 1.24. The maximum absolute atomic E-state index is 10.5. The molecule has 0 aliphatic carbocycles. The molecule has 0 radical (unpaired) electrons. The van der Waals surface area contributed by atoms with Crippen molar-refractivity contribution in [2.45, 2.75) is 13.3 Å². The van der Waals surface area contributed by atoms with Crippen molar-refractivity contribution >= 4 is 17.2 Å². The van der Waals surface area contributed by atoms with E-state index < -0.39 is 0 Å². The molecular weight excluding hydrogens is 174 g/mol. The van der Waals surface area contributed by atoms with Crippen molar-refractivity contribution in [3.63, 3.8) is 0 Å². The van der Waals surface area contributed by atoms with E-state index in [4.69, 9.17) is 0 Å². The molecule has 0 atom stereocenters. The molecular formula is C12H13NO. The van der Waals surface area contributed by atoms with Crippen molar-refractivity contribution in [1.82, 2.24) is 4.57 Å². The summed E-state index contributed by atoms with van der Waals surface area (Å²) in [7, 11) is 2.02. The summed E-state index contributed by atoms with van der Waals surface area (Å²) in [4.78, 5) is 10.5. The lowest BCUT2D eigenvalue weighted by Gasteiger charge is -2.02.